The van der Waals surface area contributed by atoms with Gasteiger partial charge in [-0.25, -0.2) is 0 Å². The van der Waals surface area contributed by atoms with Crippen LogP contribution in [0.25, 0.3) is 11.4 Å². The molecule has 2 rings (SSSR count). The number of nitrogens with zero attached hydrogens (tertiary/aromatic N) is 5. The van der Waals surface area contributed by atoms with E-state index < -0.39 is 0 Å². The van der Waals surface area contributed by atoms with Crippen molar-refractivity contribution >= 4 is 0 Å². The van der Waals surface area contributed by atoms with E-state index in [2.05, 4.69) is 22.3 Å². The zero-order chi connectivity index (χ0) is 11.4. The molecule has 2 aromatic rings. The van der Waals surface area contributed by atoms with Crippen molar-refractivity contribution in [3.8, 4) is 11.4 Å². The van der Waals surface area contributed by atoms with Gasteiger partial charge in [-0.15, -0.1) is 5.10 Å². The quantitative estimate of drug-likeness (QED) is 0.796. The maximum atomic E-state index is 5.45. The average molecular weight is 220 g/mol. The normalized spacial score (nSPS) is 10.9. The Bertz CT molecular complexity index is 444. The molecule has 0 fully saturated rings. The van der Waals surface area contributed by atoms with Crippen molar-refractivity contribution in [1.29, 1.82) is 0 Å². The maximum Gasteiger partial charge on any atom is 0.131 e. The Morgan fingerprint density at radius 2 is 2.31 bits per heavy atom. The standard InChI is InChI=1S/C10H16N6/c1-2-16-10(4-6-12-16)9-8-15(14-13-9)7-3-5-11/h4,6,8H,2-3,5,7,11H2,1H3. The van der Waals surface area contributed by atoms with E-state index in [0.29, 0.717) is 6.54 Å². The molecule has 0 aromatic carbocycles. The summed E-state index contributed by atoms with van der Waals surface area (Å²) in [5.74, 6) is 0. The van der Waals surface area contributed by atoms with Crippen LogP contribution in [0.5, 0.6) is 0 Å². The van der Waals surface area contributed by atoms with Crippen LogP contribution < -0.4 is 5.73 Å². The third-order valence-electron chi connectivity index (χ3n) is 2.41. The molecule has 0 aliphatic rings. The van der Waals surface area contributed by atoms with E-state index in [9.17, 15) is 0 Å². The monoisotopic (exact) mass is 220 g/mol. The van der Waals surface area contributed by atoms with Gasteiger partial charge >= 0.3 is 0 Å². The Kier molecular flexibility index (Phi) is 3.31. The summed E-state index contributed by atoms with van der Waals surface area (Å²) in [6.07, 6.45) is 4.62. The van der Waals surface area contributed by atoms with Crippen LogP contribution in [0.4, 0.5) is 0 Å². The average Bonchev–Trinajstić information content (AvgIpc) is 2.94. The van der Waals surface area contributed by atoms with E-state index in [0.717, 1.165) is 30.9 Å². The Labute approximate surface area is 94.1 Å². The molecule has 2 aromatic heterocycles. The molecule has 0 aliphatic carbocycles. The SMILES string of the molecule is CCn1nccc1-c1cn(CCCN)nn1. The second-order valence-electron chi connectivity index (χ2n) is 3.54. The van der Waals surface area contributed by atoms with Crippen LogP contribution in [0, 0.1) is 0 Å². The van der Waals surface area contributed by atoms with Crippen molar-refractivity contribution in [2.75, 3.05) is 6.54 Å². The van der Waals surface area contributed by atoms with Crippen LogP contribution in [-0.4, -0.2) is 31.3 Å². The summed E-state index contributed by atoms with van der Waals surface area (Å²) < 4.78 is 3.71. The van der Waals surface area contributed by atoms with E-state index in [-0.39, 0.29) is 0 Å². The lowest BCUT2D eigenvalue weighted by Crippen LogP contribution is -2.06. The van der Waals surface area contributed by atoms with Crippen LogP contribution >= 0.6 is 0 Å². The molecule has 0 unspecified atom stereocenters. The van der Waals surface area contributed by atoms with Gasteiger partial charge in [-0.2, -0.15) is 5.10 Å². The van der Waals surface area contributed by atoms with Gasteiger partial charge in [0, 0.05) is 19.3 Å². The summed E-state index contributed by atoms with van der Waals surface area (Å²) in [4.78, 5) is 0. The van der Waals surface area contributed by atoms with Crippen molar-refractivity contribution in [3.63, 3.8) is 0 Å². The van der Waals surface area contributed by atoms with Gasteiger partial charge in [0.05, 0.1) is 11.9 Å². The fraction of sp³-hybridized carbons (Fsp3) is 0.500. The van der Waals surface area contributed by atoms with Gasteiger partial charge in [-0.05, 0) is 26.0 Å². The van der Waals surface area contributed by atoms with Gasteiger partial charge in [0.15, 0.2) is 0 Å². The number of hydrogen-bond acceptors (Lipinski definition) is 4. The minimum atomic E-state index is 0.669. The summed E-state index contributed by atoms with van der Waals surface area (Å²) in [5, 5.41) is 12.4. The number of aryl methyl sites for hydroxylation is 2. The molecule has 16 heavy (non-hydrogen) atoms. The second kappa shape index (κ2) is 4.89. The van der Waals surface area contributed by atoms with Crippen molar-refractivity contribution < 1.29 is 0 Å². The molecule has 86 valence electrons. The summed E-state index contributed by atoms with van der Waals surface area (Å²) in [6, 6.07) is 1.95. The molecule has 2 N–H and O–H groups in total. The molecule has 6 heteroatoms. The molecule has 0 saturated heterocycles. The highest BCUT2D eigenvalue weighted by molar-refractivity contribution is 5.51. The highest BCUT2D eigenvalue weighted by atomic mass is 15.4. The Morgan fingerprint density at radius 3 is 3.06 bits per heavy atom. The number of nitrogens with two attached hydrogens (primary N) is 1. The number of hydrogen-bond donors (Lipinski definition) is 1. The fourth-order valence-corrected chi connectivity index (χ4v) is 1.58. The zero-order valence-corrected chi connectivity index (χ0v) is 9.37. The third-order valence-corrected chi connectivity index (χ3v) is 2.41. The Morgan fingerprint density at radius 1 is 1.44 bits per heavy atom. The smallest absolute Gasteiger partial charge is 0.131 e. The minimum Gasteiger partial charge on any atom is -0.330 e. The minimum absolute atomic E-state index is 0.669. The van der Waals surface area contributed by atoms with Crippen LogP contribution in [0.15, 0.2) is 18.5 Å². The van der Waals surface area contributed by atoms with E-state index in [1.54, 1.807) is 6.20 Å². The Hall–Kier alpha value is -1.69. The predicted molar refractivity (Wildman–Crippen MR) is 60.6 cm³/mol. The van der Waals surface area contributed by atoms with E-state index in [1.165, 1.54) is 0 Å². The zero-order valence-electron chi connectivity index (χ0n) is 9.37. The van der Waals surface area contributed by atoms with E-state index in [1.807, 2.05) is 21.6 Å². The van der Waals surface area contributed by atoms with Crippen LogP contribution in [-0.2, 0) is 13.1 Å². The summed E-state index contributed by atoms with van der Waals surface area (Å²) in [7, 11) is 0. The van der Waals surface area contributed by atoms with Gasteiger partial charge in [0.25, 0.3) is 0 Å². The largest absolute Gasteiger partial charge is 0.330 e. The lowest BCUT2D eigenvalue weighted by atomic mass is 10.3. The fourth-order valence-electron chi connectivity index (χ4n) is 1.58. The van der Waals surface area contributed by atoms with Crippen LogP contribution in [0.2, 0.25) is 0 Å². The highest BCUT2D eigenvalue weighted by Crippen LogP contribution is 2.15. The first-order valence-electron chi connectivity index (χ1n) is 5.47. The van der Waals surface area contributed by atoms with Gasteiger partial charge in [-0.1, -0.05) is 5.21 Å². The van der Waals surface area contributed by atoms with E-state index in [4.69, 9.17) is 5.73 Å². The predicted octanol–water partition coefficient (Wildman–Crippen LogP) is 0.510. The second-order valence-corrected chi connectivity index (χ2v) is 3.54. The lowest BCUT2D eigenvalue weighted by Gasteiger charge is -1.99. The molecular formula is C10H16N6. The van der Waals surface area contributed by atoms with Crippen LogP contribution in [0.1, 0.15) is 13.3 Å². The summed E-state index contributed by atoms with van der Waals surface area (Å²) in [5.41, 5.74) is 7.31. The van der Waals surface area contributed by atoms with Gasteiger partial charge in [0.1, 0.15) is 5.69 Å². The molecule has 0 aliphatic heterocycles. The summed E-state index contributed by atoms with van der Waals surface area (Å²) >= 11 is 0. The van der Waals surface area contributed by atoms with Gasteiger partial charge in [-0.3, -0.25) is 9.36 Å². The number of rotatable bonds is 5. The molecule has 0 amide bonds. The summed E-state index contributed by atoms with van der Waals surface area (Å²) in [6.45, 7) is 4.36. The maximum absolute atomic E-state index is 5.45. The molecule has 6 nitrogen and oxygen atoms in total. The number of aromatic nitrogens is 5. The van der Waals surface area contributed by atoms with Crippen molar-refractivity contribution in [3.05, 3.63) is 18.5 Å². The molecule has 0 bridgehead atoms. The van der Waals surface area contributed by atoms with Gasteiger partial charge < -0.3 is 5.73 Å². The molecular weight excluding hydrogens is 204 g/mol. The molecule has 2 heterocycles. The first-order valence-corrected chi connectivity index (χ1v) is 5.47. The van der Waals surface area contributed by atoms with E-state index >= 15 is 0 Å². The third kappa shape index (κ3) is 2.11. The van der Waals surface area contributed by atoms with Gasteiger partial charge in [0.2, 0.25) is 0 Å². The van der Waals surface area contributed by atoms with Crippen molar-refractivity contribution in [2.24, 2.45) is 5.73 Å². The first-order chi connectivity index (χ1) is 7.85. The van der Waals surface area contributed by atoms with Crippen molar-refractivity contribution in [2.45, 2.75) is 26.4 Å². The molecule has 0 spiro atoms. The molecule has 0 saturated carbocycles. The molecule has 0 atom stereocenters. The Balaban J connectivity index is 2.18. The topological polar surface area (TPSA) is 74.5 Å². The molecule has 0 radical (unpaired) electrons. The van der Waals surface area contributed by atoms with Crippen LogP contribution in [0.3, 0.4) is 0 Å². The van der Waals surface area contributed by atoms with Crippen molar-refractivity contribution in [1.82, 2.24) is 24.8 Å². The first kappa shape index (κ1) is 10.8. The highest BCUT2D eigenvalue weighted by Gasteiger charge is 2.08. The lowest BCUT2D eigenvalue weighted by molar-refractivity contribution is 0.564.